The molecular weight excluding hydrogens is 388 g/mol. The number of nitrogens with zero attached hydrogens (tertiary/aromatic N) is 1. The minimum absolute atomic E-state index is 0.348. The van der Waals surface area contributed by atoms with E-state index in [4.69, 9.17) is 14.2 Å². The van der Waals surface area contributed by atoms with E-state index in [1.165, 1.54) is 32.1 Å². The predicted molar refractivity (Wildman–Crippen MR) is 110 cm³/mol. The zero-order valence-electron chi connectivity index (χ0n) is 17.4. The van der Waals surface area contributed by atoms with Gasteiger partial charge < -0.3 is 29.5 Å². The van der Waals surface area contributed by atoms with Crippen molar-refractivity contribution in [3.05, 3.63) is 23.4 Å². The largest absolute Gasteiger partial charge is 0.459 e. The molecule has 4 unspecified atom stereocenters. The lowest BCUT2D eigenvalue weighted by Gasteiger charge is -2.37. The molecule has 4 atom stereocenters. The van der Waals surface area contributed by atoms with Crippen LogP contribution in [0.25, 0.3) is 10.9 Å². The highest BCUT2D eigenvalue weighted by atomic mass is 16.8. The minimum atomic E-state index is -1.38. The standard InChI is InChI=1S/C22H32N2O6/c1-13-9-16-20(15(23-24-16)8-7-14-5-3-2-4-6-14)17(10-13)29-22-21(27)28-18(11-25)19(12-26)30-22/h9-10,14,18-19,21-22,25-27H,2-8,11-12H2,1H3,(H,23,24). The number of aromatic nitrogens is 2. The molecule has 2 aliphatic rings. The third-order valence-electron chi connectivity index (χ3n) is 6.24. The van der Waals surface area contributed by atoms with E-state index in [9.17, 15) is 15.3 Å². The van der Waals surface area contributed by atoms with Gasteiger partial charge in [0.05, 0.1) is 24.1 Å². The summed E-state index contributed by atoms with van der Waals surface area (Å²) in [4.78, 5) is 0. The van der Waals surface area contributed by atoms with E-state index in [0.717, 1.165) is 40.9 Å². The Balaban J connectivity index is 1.54. The minimum Gasteiger partial charge on any atom is -0.459 e. The van der Waals surface area contributed by atoms with Gasteiger partial charge in [-0.1, -0.05) is 32.1 Å². The fourth-order valence-corrected chi connectivity index (χ4v) is 4.60. The van der Waals surface area contributed by atoms with Crippen LogP contribution >= 0.6 is 0 Å². The number of aromatic amines is 1. The van der Waals surface area contributed by atoms with Crippen LogP contribution in [0, 0.1) is 12.8 Å². The Bertz CT molecular complexity index is 834. The van der Waals surface area contributed by atoms with Gasteiger partial charge in [0.1, 0.15) is 18.0 Å². The van der Waals surface area contributed by atoms with Gasteiger partial charge in [-0.05, 0) is 43.4 Å². The van der Waals surface area contributed by atoms with Crippen LogP contribution in [-0.4, -0.2) is 63.5 Å². The molecular formula is C22H32N2O6. The van der Waals surface area contributed by atoms with Gasteiger partial charge in [-0.25, -0.2) is 0 Å². The van der Waals surface area contributed by atoms with Gasteiger partial charge in [0.2, 0.25) is 6.29 Å². The Kier molecular flexibility index (Phi) is 6.90. The molecule has 0 spiro atoms. The number of aliphatic hydroxyl groups is 3. The summed E-state index contributed by atoms with van der Waals surface area (Å²) in [6.07, 6.45) is 4.50. The lowest BCUT2D eigenvalue weighted by Crippen LogP contribution is -2.54. The molecule has 1 aliphatic heterocycles. The summed E-state index contributed by atoms with van der Waals surface area (Å²) in [5, 5.41) is 37.7. The van der Waals surface area contributed by atoms with Crippen molar-refractivity contribution in [3.63, 3.8) is 0 Å². The summed E-state index contributed by atoms with van der Waals surface area (Å²) in [6.45, 7) is 1.24. The first-order chi connectivity index (χ1) is 14.6. The molecule has 2 aromatic rings. The van der Waals surface area contributed by atoms with Gasteiger partial charge in [-0.2, -0.15) is 5.10 Å². The van der Waals surface area contributed by atoms with E-state index >= 15 is 0 Å². The van der Waals surface area contributed by atoms with Crippen LogP contribution in [0.1, 0.15) is 49.8 Å². The van der Waals surface area contributed by atoms with E-state index in [-0.39, 0.29) is 13.2 Å². The molecule has 30 heavy (non-hydrogen) atoms. The molecule has 1 saturated heterocycles. The van der Waals surface area contributed by atoms with Crippen molar-refractivity contribution >= 4 is 10.9 Å². The Morgan fingerprint density at radius 3 is 2.57 bits per heavy atom. The van der Waals surface area contributed by atoms with Gasteiger partial charge in [0, 0.05) is 5.69 Å². The highest BCUT2D eigenvalue weighted by Crippen LogP contribution is 2.34. The van der Waals surface area contributed by atoms with Crippen molar-refractivity contribution in [3.8, 4) is 5.75 Å². The second kappa shape index (κ2) is 9.62. The van der Waals surface area contributed by atoms with Crippen molar-refractivity contribution in [2.75, 3.05) is 13.2 Å². The summed E-state index contributed by atoms with van der Waals surface area (Å²) in [5.41, 5.74) is 2.80. The number of fused-ring (bicyclic) bond motifs is 1. The number of hydrogen-bond donors (Lipinski definition) is 4. The van der Waals surface area contributed by atoms with Crippen LogP contribution < -0.4 is 4.74 Å². The Hall–Kier alpha value is -1.71. The van der Waals surface area contributed by atoms with Crippen LogP contribution in [0.15, 0.2) is 12.1 Å². The molecule has 0 radical (unpaired) electrons. The molecule has 4 rings (SSSR count). The third-order valence-corrected chi connectivity index (χ3v) is 6.24. The van der Waals surface area contributed by atoms with E-state index < -0.39 is 24.8 Å². The molecule has 8 nitrogen and oxygen atoms in total. The van der Waals surface area contributed by atoms with Crippen LogP contribution in [0.3, 0.4) is 0 Å². The Morgan fingerprint density at radius 2 is 1.83 bits per heavy atom. The number of aliphatic hydroxyl groups excluding tert-OH is 3. The maximum atomic E-state index is 10.3. The second-order valence-electron chi connectivity index (χ2n) is 8.49. The van der Waals surface area contributed by atoms with Crippen molar-refractivity contribution < 1.29 is 29.5 Å². The zero-order chi connectivity index (χ0) is 21.1. The topological polar surface area (TPSA) is 117 Å². The maximum absolute atomic E-state index is 10.3. The molecule has 4 N–H and O–H groups in total. The first-order valence-corrected chi connectivity index (χ1v) is 10.9. The monoisotopic (exact) mass is 420 g/mol. The number of rotatable bonds is 7. The molecule has 1 aliphatic carbocycles. The predicted octanol–water partition coefficient (Wildman–Crippen LogP) is 2.18. The van der Waals surface area contributed by atoms with E-state index in [2.05, 4.69) is 10.2 Å². The molecule has 166 valence electrons. The van der Waals surface area contributed by atoms with Crippen molar-refractivity contribution in [2.24, 2.45) is 5.92 Å². The SMILES string of the molecule is Cc1cc(OC2OC(CO)C(CO)OC2O)c2c(CCC3CCCCC3)[nH]nc2c1. The van der Waals surface area contributed by atoms with Gasteiger partial charge >= 0.3 is 0 Å². The van der Waals surface area contributed by atoms with Crippen LogP contribution in [0.5, 0.6) is 5.75 Å². The molecule has 0 bridgehead atoms. The smallest absolute Gasteiger partial charge is 0.251 e. The van der Waals surface area contributed by atoms with E-state index in [1.807, 2.05) is 19.1 Å². The second-order valence-corrected chi connectivity index (χ2v) is 8.49. The fourth-order valence-electron chi connectivity index (χ4n) is 4.60. The highest BCUT2D eigenvalue weighted by molar-refractivity contribution is 5.88. The molecule has 0 amide bonds. The Labute approximate surface area is 176 Å². The van der Waals surface area contributed by atoms with Gasteiger partial charge in [0.25, 0.3) is 6.29 Å². The van der Waals surface area contributed by atoms with Gasteiger partial charge in [-0.3, -0.25) is 5.10 Å². The molecule has 1 aromatic carbocycles. The normalized spacial score (nSPS) is 28.1. The number of ether oxygens (including phenoxy) is 3. The van der Waals surface area contributed by atoms with Crippen molar-refractivity contribution in [1.29, 1.82) is 0 Å². The summed E-state index contributed by atoms with van der Waals surface area (Å²) >= 11 is 0. The number of H-pyrrole nitrogens is 1. The fraction of sp³-hybridized carbons (Fsp3) is 0.682. The van der Waals surface area contributed by atoms with Crippen LogP contribution in [-0.2, 0) is 15.9 Å². The molecule has 2 heterocycles. The van der Waals surface area contributed by atoms with Crippen molar-refractivity contribution in [1.82, 2.24) is 10.2 Å². The summed E-state index contributed by atoms with van der Waals surface area (Å²) < 4.78 is 17.1. The summed E-state index contributed by atoms with van der Waals surface area (Å²) in [7, 11) is 0. The van der Waals surface area contributed by atoms with Gasteiger partial charge in [0.15, 0.2) is 0 Å². The molecule has 8 heteroatoms. The quantitative estimate of drug-likeness (QED) is 0.542. The highest BCUT2D eigenvalue weighted by Gasteiger charge is 2.39. The number of benzene rings is 1. The number of nitrogens with one attached hydrogen (secondary N) is 1. The van der Waals surface area contributed by atoms with Crippen molar-refractivity contribution in [2.45, 2.75) is 76.7 Å². The van der Waals surface area contributed by atoms with E-state index in [1.54, 1.807) is 0 Å². The zero-order valence-corrected chi connectivity index (χ0v) is 17.4. The summed E-state index contributed by atoms with van der Waals surface area (Å²) in [5.74, 6) is 1.31. The lowest BCUT2D eigenvalue weighted by atomic mass is 9.85. The maximum Gasteiger partial charge on any atom is 0.251 e. The molecule has 1 saturated carbocycles. The van der Waals surface area contributed by atoms with Crippen LogP contribution in [0.4, 0.5) is 0 Å². The first kappa shape index (κ1) is 21.5. The van der Waals surface area contributed by atoms with Gasteiger partial charge in [-0.15, -0.1) is 0 Å². The summed E-state index contributed by atoms with van der Waals surface area (Å²) in [6, 6.07) is 3.89. The van der Waals surface area contributed by atoms with Crippen LogP contribution in [0.2, 0.25) is 0 Å². The third kappa shape index (κ3) is 4.63. The van der Waals surface area contributed by atoms with E-state index in [0.29, 0.717) is 5.75 Å². The first-order valence-electron chi connectivity index (χ1n) is 10.9. The number of aryl methyl sites for hydroxylation is 2. The number of hydrogen-bond acceptors (Lipinski definition) is 7. The average molecular weight is 421 g/mol. The molecule has 2 fully saturated rings. The lowest BCUT2D eigenvalue weighted by molar-refractivity contribution is -0.337. The molecule has 1 aromatic heterocycles. The average Bonchev–Trinajstić information content (AvgIpc) is 3.16. The Morgan fingerprint density at radius 1 is 1.10 bits per heavy atom.